The molecule has 0 radical (unpaired) electrons. The van der Waals surface area contributed by atoms with E-state index in [0.29, 0.717) is 5.82 Å². The van der Waals surface area contributed by atoms with Crippen LogP contribution >= 0.6 is 0 Å². The maximum Gasteiger partial charge on any atom is 0.203 e. The van der Waals surface area contributed by atoms with Gasteiger partial charge < -0.3 is 8.98 Å². The minimum Gasteiger partial charge on any atom is -0.456 e. The van der Waals surface area contributed by atoms with Crippen LogP contribution in [-0.2, 0) is 0 Å². The molecule has 8 aromatic carbocycles. The van der Waals surface area contributed by atoms with Crippen molar-refractivity contribution in [2.75, 3.05) is 0 Å². The van der Waals surface area contributed by atoms with E-state index in [1.54, 1.807) is 0 Å². The fraction of sp³-hybridized carbons (Fsp3) is 0. The van der Waals surface area contributed by atoms with E-state index in [2.05, 4.69) is 199 Å². The number of para-hydroxylation sites is 3. The SMILES string of the molecule is c1ccc(-c2nc(-c3ccccc3-n3c4ccccc4c4ccc5oc6ccccc6c5c43)nc3c2-c2ccccc2[Si]3(c2ccccc2)c2ccccc2)cc1. The molecule has 57 heavy (non-hydrogen) atoms. The van der Waals surface area contributed by atoms with E-state index in [1.807, 2.05) is 6.07 Å². The highest BCUT2D eigenvalue weighted by Gasteiger charge is 2.51. The van der Waals surface area contributed by atoms with Crippen LogP contribution in [0.15, 0.2) is 205 Å². The lowest BCUT2D eigenvalue weighted by Crippen LogP contribution is -2.73. The van der Waals surface area contributed by atoms with Gasteiger partial charge in [-0.3, -0.25) is 0 Å². The average molecular weight is 744 g/mol. The van der Waals surface area contributed by atoms with Crippen LogP contribution in [0, 0.1) is 0 Å². The van der Waals surface area contributed by atoms with E-state index < -0.39 is 8.07 Å². The molecule has 12 rings (SSSR count). The highest BCUT2D eigenvalue weighted by atomic mass is 28.3. The Morgan fingerprint density at radius 2 is 1.07 bits per heavy atom. The summed E-state index contributed by atoms with van der Waals surface area (Å²) in [6.45, 7) is 0. The van der Waals surface area contributed by atoms with Gasteiger partial charge in [0.25, 0.3) is 0 Å². The van der Waals surface area contributed by atoms with Crippen molar-refractivity contribution >= 4 is 72.7 Å². The summed E-state index contributed by atoms with van der Waals surface area (Å²) in [4.78, 5) is 11.5. The Kier molecular flexibility index (Phi) is 6.91. The lowest BCUT2D eigenvalue weighted by atomic mass is 10.0. The first-order valence-corrected chi connectivity index (χ1v) is 21.4. The van der Waals surface area contributed by atoms with Gasteiger partial charge >= 0.3 is 0 Å². The number of benzene rings is 8. The smallest absolute Gasteiger partial charge is 0.203 e. The van der Waals surface area contributed by atoms with E-state index >= 15 is 0 Å². The zero-order chi connectivity index (χ0) is 37.5. The fourth-order valence-electron chi connectivity index (χ4n) is 9.57. The van der Waals surface area contributed by atoms with Gasteiger partial charge in [0, 0.05) is 32.8 Å². The standard InChI is InChI=1S/C52H33N3OSi/c1-4-18-34(19-5-1)49-48-41-27-13-17-31-46(41)57(35-20-6-2-7-21-35,36-22-8-3-9-23-36)52(48)54-51(53-49)39-25-11-15-29-43(39)55-42-28-14-10-24-37(42)38-32-33-45-47(50(38)55)40-26-12-16-30-44(40)56-45/h1-33H. The molecular weight excluding hydrogens is 711 g/mol. The number of hydrogen-bond acceptors (Lipinski definition) is 3. The Hall–Kier alpha value is -7.34. The van der Waals surface area contributed by atoms with Crippen molar-refractivity contribution in [1.29, 1.82) is 0 Å². The molecule has 0 aliphatic carbocycles. The van der Waals surface area contributed by atoms with Crippen molar-refractivity contribution in [1.82, 2.24) is 14.5 Å². The molecule has 0 unspecified atom stereocenters. The summed E-state index contributed by atoms with van der Waals surface area (Å²) in [7, 11) is -2.95. The molecule has 3 aromatic heterocycles. The quantitative estimate of drug-likeness (QED) is 0.165. The molecule has 4 heterocycles. The molecule has 266 valence electrons. The van der Waals surface area contributed by atoms with Crippen molar-refractivity contribution < 1.29 is 4.42 Å². The fourth-order valence-corrected chi connectivity index (χ4v) is 14.6. The van der Waals surface area contributed by atoms with Crippen molar-refractivity contribution in [3.63, 3.8) is 0 Å². The lowest BCUT2D eigenvalue weighted by Gasteiger charge is -2.30. The first kappa shape index (κ1) is 32.0. The van der Waals surface area contributed by atoms with Gasteiger partial charge in [0.1, 0.15) is 11.2 Å². The van der Waals surface area contributed by atoms with Crippen LogP contribution in [0.1, 0.15) is 0 Å². The van der Waals surface area contributed by atoms with E-state index in [4.69, 9.17) is 14.4 Å². The largest absolute Gasteiger partial charge is 0.456 e. The van der Waals surface area contributed by atoms with Crippen LogP contribution < -0.4 is 20.9 Å². The van der Waals surface area contributed by atoms with Crippen molar-refractivity contribution in [3.05, 3.63) is 200 Å². The van der Waals surface area contributed by atoms with Gasteiger partial charge in [0.15, 0.2) is 5.82 Å². The third-order valence-corrected chi connectivity index (χ3v) is 16.6. The van der Waals surface area contributed by atoms with Gasteiger partial charge in [0.2, 0.25) is 8.07 Å². The van der Waals surface area contributed by atoms with Gasteiger partial charge in [-0.15, -0.1) is 0 Å². The Morgan fingerprint density at radius 1 is 0.456 bits per heavy atom. The molecule has 0 N–H and O–H groups in total. The van der Waals surface area contributed by atoms with E-state index in [-0.39, 0.29) is 0 Å². The summed E-state index contributed by atoms with van der Waals surface area (Å²) < 4.78 is 8.90. The first-order chi connectivity index (χ1) is 28.3. The third kappa shape index (κ3) is 4.49. The maximum atomic E-state index is 6.48. The average Bonchev–Trinajstić information content (AvgIpc) is 3.93. The number of fused-ring (bicyclic) bond motifs is 10. The maximum absolute atomic E-state index is 6.48. The van der Waals surface area contributed by atoms with Gasteiger partial charge in [-0.05, 0) is 57.5 Å². The normalized spacial score (nSPS) is 13.1. The zero-order valence-corrected chi connectivity index (χ0v) is 31.8. The predicted octanol–water partition coefficient (Wildman–Crippen LogP) is 10.2. The Labute approximate surface area is 330 Å². The van der Waals surface area contributed by atoms with Crippen molar-refractivity contribution in [2.24, 2.45) is 0 Å². The topological polar surface area (TPSA) is 43.9 Å². The number of rotatable bonds is 5. The second kappa shape index (κ2) is 12.3. The first-order valence-electron chi connectivity index (χ1n) is 19.4. The number of furan rings is 1. The third-order valence-electron chi connectivity index (χ3n) is 11.9. The lowest BCUT2D eigenvalue weighted by molar-refractivity contribution is 0.669. The zero-order valence-electron chi connectivity index (χ0n) is 30.8. The van der Waals surface area contributed by atoms with Gasteiger partial charge in [-0.25, -0.2) is 9.97 Å². The molecule has 0 saturated carbocycles. The van der Waals surface area contributed by atoms with Gasteiger partial charge in [0.05, 0.1) is 33.1 Å². The predicted molar refractivity (Wildman–Crippen MR) is 237 cm³/mol. The van der Waals surface area contributed by atoms with E-state index in [0.717, 1.165) is 66.4 Å². The molecule has 11 aromatic rings. The number of aromatic nitrogens is 3. The van der Waals surface area contributed by atoms with Crippen LogP contribution in [0.2, 0.25) is 0 Å². The molecule has 1 aliphatic rings. The summed E-state index contributed by atoms with van der Waals surface area (Å²) >= 11 is 0. The molecule has 1 aliphatic heterocycles. The second-order valence-corrected chi connectivity index (χ2v) is 18.5. The molecular formula is C52H33N3OSi. The van der Waals surface area contributed by atoms with Crippen LogP contribution in [0.5, 0.6) is 0 Å². The second-order valence-electron chi connectivity index (χ2n) is 14.8. The molecule has 0 atom stereocenters. The van der Waals surface area contributed by atoms with Crippen LogP contribution in [0.25, 0.3) is 83.2 Å². The van der Waals surface area contributed by atoms with Crippen LogP contribution in [0.3, 0.4) is 0 Å². The van der Waals surface area contributed by atoms with Gasteiger partial charge in [-0.2, -0.15) is 0 Å². The molecule has 4 nitrogen and oxygen atoms in total. The van der Waals surface area contributed by atoms with Crippen molar-refractivity contribution in [2.45, 2.75) is 0 Å². The molecule has 0 amide bonds. The number of hydrogen-bond donors (Lipinski definition) is 0. The van der Waals surface area contributed by atoms with Crippen LogP contribution in [0.4, 0.5) is 0 Å². The van der Waals surface area contributed by atoms with Gasteiger partial charge in [-0.1, -0.05) is 164 Å². The summed E-state index contributed by atoms with van der Waals surface area (Å²) in [5.41, 5.74) is 10.3. The summed E-state index contributed by atoms with van der Waals surface area (Å²) in [6.07, 6.45) is 0. The highest BCUT2D eigenvalue weighted by molar-refractivity contribution is 7.21. The molecule has 0 saturated heterocycles. The minimum absolute atomic E-state index is 0.704. The Balaban J connectivity index is 1.23. The highest BCUT2D eigenvalue weighted by Crippen LogP contribution is 2.43. The molecule has 0 bridgehead atoms. The summed E-state index contributed by atoms with van der Waals surface area (Å²) in [6, 6.07) is 71.8. The summed E-state index contributed by atoms with van der Waals surface area (Å²) in [5.74, 6) is 0.704. The monoisotopic (exact) mass is 743 g/mol. The van der Waals surface area contributed by atoms with E-state index in [9.17, 15) is 0 Å². The number of nitrogens with zero attached hydrogens (tertiary/aromatic N) is 3. The Bertz CT molecular complexity index is 3310. The van der Waals surface area contributed by atoms with E-state index in [1.165, 1.54) is 31.9 Å². The minimum atomic E-state index is -2.95. The van der Waals surface area contributed by atoms with Crippen LogP contribution in [-0.4, -0.2) is 22.6 Å². The molecule has 5 heteroatoms. The Morgan fingerprint density at radius 3 is 1.84 bits per heavy atom. The molecule has 0 spiro atoms. The summed E-state index contributed by atoms with van der Waals surface area (Å²) in [5, 5.41) is 9.62. The van der Waals surface area contributed by atoms with Crippen molar-refractivity contribution in [3.8, 4) is 39.5 Å². The molecule has 0 fully saturated rings.